The van der Waals surface area contributed by atoms with Gasteiger partial charge in [0.2, 0.25) is 0 Å². The van der Waals surface area contributed by atoms with Crippen LogP contribution in [0.4, 0.5) is 0 Å². The van der Waals surface area contributed by atoms with Crippen LogP contribution in [0.5, 0.6) is 5.75 Å². The van der Waals surface area contributed by atoms with Crippen LogP contribution in [-0.4, -0.2) is 12.1 Å². The van der Waals surface area contributed by atoms with Crippen LogP contribution in [0.25, 0.3) is 0 Å². The molecule has 0 fully saturated rings. The Labute approximate surface area is 116 Å². The Kier molecular flexibility index (Phi) is 5.48. The molecule has 0 aliphatic heterocycles. The molecule has 0 saturated heterocycles. The van der Waals surface area contributed by atoms with E-state index in [0.29, 0.717) is 12.5 Å². The second kappa shape index (κ2) is 6.44. The molecule has 0 amide bonds. The van der Waals surface area contributed by atoms with Crippen LogP contribution in [0.15, 0.2) is 18.2 Å². The Morgan fingerprint density at radius 1 is 1.28 bits per heavy atom. The predicted molar refractivity (Wildman–Crippen MR) is 78.4 cm³/mol. The van der Waals surface area contributed by atoms with Crippen LogP contribution in [0.3, 0.4) is 0 Å². The van der Waals surface area contributed by atoms with E-state index in [1.54, 1.807) is 0 Å². The fourth-order valence-corrected chi connectivity index (χ4v) is 1.69. The van der Waals surface area contributed by atoms with Gasteiger partial charge in [-0.05, 0) is 38.8 Å². The number of rotatable bonds is 5. The van der Waals surface area contributed by atoms with Gasteiger partial charge in [0.05, 0.1) is 6.61 Å². The van der Waals surface area contributed by atoms with Crippen molar-refractivity contribution in [3.8, 4) is 5.75 Å². The summed E-state index contributed by atoms with van der Waals surface area (Å²) in [5.74, 6) is 1.39. The second-order valence-electron chi connectivity index (χ2n) is 6.02. The molecule has 0 aliphatic carbocycles. The minimum absolute atomic E-state index is 0.0640. The summed E-state index contributed by atoms with van der Waals surface area (Å²) in [7, 11) is 0. The van der Waals surface area contributed by atoms with E-state index in [-0.39, 0.29) is 5.54 Å². The first-order valence-corrected chi connectivity index (χ1v) is 6.82. The molecule has 0 heterocycles. The zero-order chi connectivity index (χ0) is 13.8. The van der Waals surface area contributed by atoms with Gasteiger partial charge in [0.15, 0.2) is 0 Å². The number of hydrogen-bond donors (Lipinski definition) is 1. The summed E-state index contributed by atoms with van der Waals surface area (Å²) in [4.78, 5) is 0. The van der Waals surface area contributed by atoms with Crippen molar-refractivity contribution in [1.82, 2.24) is 5.32 Å². The average Bonchev–Trinajstić information content (AvgIpc) is 2.23. The molecule has 1 N–H and O–H groups in total. The lowest BCUT2D eigenvalue weighted by atomic mass is 10.1. The Morgan fingerprint density at radius 2 is 1.94 bits per heavy atom. The lowest BCUT2D eigenvalue weighted by molar-refractivity contribution is 0.267. The molecule has 1 rings (SSSR count). The summed E-state index contributed by atoms with van der Waals surface area (Å²) in [6, 6.07) is 5.82. The maximum atomic E-state index is 6.25. The standard InChI is InChI=1S/C15H24ClNO/c1-11(2)10-18-14-8-6-7-13(16)12(14)9-17-15(3,4)5/h6-8,11,17H,9-10H2,1-5H3. The van der Waals surface area contributed by atoms with E-state index in [0.717, 1.165) is 22.9 Å². The largest absolute Gasteiger partial charge is 0.493 e. The molecule has 0 radical (unpaired) electrons. The van der Waals surface area contributed by atoms with Gasteiger partial charge in [-0.1, -0.05) is 31.5 Å². The van der Waals surface area contributed by atoms with Crippen molar-refractivity contribution in [2.75, 3.05) is 6.61 Å². The molecule has 0 unspecified atom stereocenters. The fourth-order valence-electron chi connectivity index (χ4n) is 1.46. The zero-order valence-corrected chi connectivity index (χ0v) is 12.8. The maximum absolute atomic E-state index is 6.25. The summed E-state index contributed by atoms with van der Waals surface area (Å²) < 4.78 is 5.82. The third-order valence-corrected chi connectivity index (χ3v) is 2.80. The van der Waals surface area contributed by atoms with Gasteiger partial charge in [0.1, 0.15) is 5.75 Å². The maximum Gasteiger partial charge on any atom is 0.125 e. The number of ether oxygens (including phenoxy) is 1. The summed E-state index contributed by atoms with van der Waals surface area (Å²) in [6.45, 7) is 12.1. The third kappa shape index (κ3) is 5.28. The number of benzene rings is 1. The average molecular weight is 270 g/mol. The molecule has 0 spiro atoms. The van der Waals surface area contributed by atoms with Crippen molar-refractivity contribution in [2.45, 2.75) is 46.7 Å². The van der Waals surface area contributed by atoms with Crippen molar-refractivity contribution in [3.63, 3.8) is 0 Å². The third-order valence-electron chi connectivity index (χ3n) is 2.44. The van der Waals surface area contributed by atoms with Crippen molar-refractivity contribution in [1.29, 1.82) is 0 Å². The van der Waals surface area contributed by atoms with E-state index in [1.165, 1.54) is 0 Å². The lowest BCUT2D eigenvalue weighted by Crippen LogP contribution is -2.35. The Hall–Kier alpha value is -0.730. The van der Waals surface area contributed by atoms with Gasteiger partial charge < -0.3 is 10.1 Å². The summed E-state index contributed by atoms with van der Waals surface area (Å²) in [5.41, 5.74) is 1.10. The van der Waals surface area contributed by atoms with Gasteiger partial charge in [-0.25, -0.2) is 0 Å². The van der Waals surface area contributed by atoms with Crippen molar-refractivity contribution >= 4 is 11.6 Å². The normalized spacial score (nSPS) is 11.9. The highest BCUT2D eigenvalue weighted by Crippen LogP contribution is 2.27. The van der Waals surface area contributed by atoms with Gasteiger partial charge in [-0.3, -0.25) is 0 Å². The van der Waals surface area contributed by atoms with Gasteiger partial charge in [0, 0.05) is 22.7 Å². The first kappa shape index (κ1) is 15.3. The summed E-state index contributed by atoms with van der Waals surface area (Å²) in [5, 5.41) is 4.20. The van der Waals surface area contributed by atoms with Gasteiger partial charge >= 0.3 is 0 Å². The van der Waals surface area contributed by atoms with Crippen LogP contribution in [0.2, 0.25) is 5.02 Å². The van der Waals surface area contributed by atoms with Crippen molar-refractivity contribution < 1.29 is 4.74 Å². The molecule has 0 aliphatic rings. The molecule has 102 valence electrons. The molecule has 2 nitrogen and oxygen atoms in total. The molecule has 0 aromatic heterocycles. The smallest absolute Gasteiger partial charge is 0.125 e. The molecule has 1 aromatic rings. The molecule has 18 heavy (non-hydrogen) atoms. The molecule has 0 saturated carbocycles. The molecule has 0 bridgehead atoms. The molecule has 0 atom stereocenters. The van der Waals surface area contributed by atoms with E-state index in [2.05, 4.69) is 39.9 Å². The number of hydrogen-bond acceptors (Lipinski definition) is 2. The van der Waals surface area contributed by atoms with Crippen molar-refractivity contribution in [3.05, 3.63) is 28.8 Å². The minimum Gasteiger partial charge on any atom is -0.493 e. The van der Waals surface area contributed by atoms with Crippen LogP contribution in [-0.2, 0) is 6.54 Å². The summed E-state index contributed by atoms with van der Waals surface area (Å²) >= 11 is 6.25. The molecule has 1 aromatic carbocycles. The highest BCUT2D eigenvalue weighted by Gasteiger charge is 2.13. The molecular weight excluding hydrogens is 246 g/mol. The Balaban J connectivity index is 2.80. The predicted octanol–water partition coefficient (Wildman–Crippen LogP) is 4.26. The van der Waals surface area contributed by atoms with E-state index in [1.807, 2.05) is 18.2 Å². The van der Waals surface area contributed by atoms with Gasteiger partial charge in [-0.2, -0.15) is 0 Å². The first-order valence-electron chi connectivity index (χ1n) is 6.45. The van der Waals surface area contributed by atoms with Crippen LogP contribution < -0.4 is 10.1 Å². The SMILES string of the molecule is CC(C)COc1cccc(Cl)c1CNC(C)(C)C. The lowest BCUT2D eigenvalue weighted by Gasteiger charge is -2.22. The summed E-state index contributed by atoms with van der Waals surface area (Å²) in [6.07, 6.45) is 0. The number of halogens is 1. The van der Waals surface area contributed by atoms with Crippen LogP contribution in [0, 0.1) is 5.92 Å². The van der Waals surface area contributed by atoms with E-state index >= 15 is 0 Å². The highest BCUT2D eigenvalue weighted by molar-refractivity contribution is 6.31. The van der Waals surface area contributed by atoms with E-state index < -0.39 is 0 Å². The monoisotopic (exact) mass is 269 g/mol. The van der Waals surface area contributed by atoms with Crippen LogP contribution in [0.1, 0.15) is 40.2 Å². The first-order chi connectivity index (χ1) is 8.29. The van der Waals surface area contributed by atoms with Gasteiger partial charge in [-0.15, -0.1) is 0 Å². The van der Waals surface area contributed by atoms with E-state index in [4.69, 9.17) is 16.3 Å². The Bertz CT molecular complexity index is 383. The quantitative estimate of drug-likeness (QED) is 0.862. The fraction of sp³-hybridized carbons (Fsp3) is 0.600. The topological polar surface area (TPSA) is 21.3 Å². The number of nitrogens with one attached hydrogen (secondary N) is 1. The van der Waals surface area contributed by atoms with Crippen LogP contribution >= 0.6 is 11.6 Å². The van der Waals surface area contributed by atoms with Gasteiger partial charge in [0.25, 0.3) is 0 Å². The van der Waals surface area contributed by atoms with E-state index in [9.17, 15) is 0 Å². The molecule has 3 heteroatoms. The zero-order valence-electron chi connectivity index (χ0n) is 12.0. The highest BCUT2D eigenvalue weighted by atomic mass is 35.5. The minimum atomic E-state index is 0.0640. The second-order valence-corrected chi connectivity index (χ2v) is 6.43. The molecular formula is C15H24ClNO. The Morgan fingerprint density at radius 3 is 2.50 bits per heavy atom. The van der Waals surface area contributed by atoms with Crippen molar-refractivity contribution in [2.24, 2.45) is 5.92 Å².